The Hall–Kier alpha value is -1.97. The van der Waals surface area contributed by atoms with Crippen LogP contribution >= 0.6 is 11.6 Å². The average molecular weight is 359 g/mol. The fourth-order valence-corrected chi connectivity index (χ4v) is 3.30. The molecule has 2 aromatic carbocycles. The Morgan fingerprint density at radius 2 is 2.00 bits per heavy atom. The van der Waals surface area contributed by atoms with E-state index in [9.17, 15) is 5.11 Å². The van der Waals surface area contributed by atoms with Crippen molar-refractivity contribution in [1.29, 1.82) is 0 Å². The summed E-state index contributed by atoms with van der Waals surface area (Å²) in [6, 6.07) is 14.0. The lowest BCUT2D eigenvalue weighted by Crippen LogP contribution is -2.21. The fraction of sp³-hybridized carbons (Fsp3) is 0.333. The van der Waals surface area contributed by atoms with E-state index in [0.717, 1.165) is 33.9 Å². The van der Waals surface area contributed by atoms with Gasteiger partial charge in [0, 0.05) is 17.9 Å². The second kappa shape index (κ2) is 7.94. The van der Waals surface area contributed by atoms with Crippen molar-refractivity contribution >= 4 is 11.6 Å². The van der Waals surface area contributed by atoms with E-state index in [2.05, 4.69) is 24.8 Å². The van der Waals surface area contributed by atoms with Gasteiger partial charge in [0.25, 0.3) is 0 Å². The minimum atomic E-state index is -0.406. The first-order chi connectivity index (χ1) is 12.0. The van der Waals surface area contributed by atoms with Gasteiger partial charge in [0.1, 0.15) is 11.9 Å². The van der Waals surface area contributed by atoms with Gasteiger partial charge in [-0.15, -0.1) is 0 Å². The summed E-state index contributed by atoms with van der Waals surface area (Å²) < 4.78 is 11.3. The molecule has 132 valence electrons. The highest BCUT2D eigenvalue weighted by Crippen LogP contribution is 2.34. The zero-order valence-electron chi connectivity index (χ0n) is 14.4. The normalized spacial score (nSPS) is 20.2. The minimum Gasteiger partial charge on any atom is -0.494 e. The van der Waals surface area contributed by atoms with Crippen LogP contribution in [0.3, 0.4) is 0 Å². The van der Waals surface area contributed by atoms with Crippen LogP contribution in [0.4, 0.5) is 0 Å². The van der Waals surface area contributed by atoms with Crippen LogP contribution in [0.2, 0.25) is 5.02 Å². The van der Waals surface area contributed by atoms with Gasteiger partial charge in [-0.05, 0) is 48.2 Å². The Morgan fingerprint density at radius 3 is 2.68 bits per heavy atom. The van der Waals surface area contributed by atoms with Gasteiger partial charge in [-0.25, -0.2) is 0 Å². The number of ether oxygens (including phenoxy) is 2. The average Bonchev–Trinajstić information content (AvgIpc) is 2.58. The highest BCUT2D eigenvalue weighted by molar-refractivity contribution is 6.31. The van der Waals surface area contributed by atoms with E-state index in [1.54, 1.807) is 0 Å². The Kier molecular flexibility index (Phi) is 5.67. The van der Waals surface area contributed by atoms with Crippen LogP contribution in [0.5, 0.6) is 5.75 Å². The standard InChI is InChI=1S/C21H23ClO3/c1-3-24-19-7-4-15(5-8-19)11-17-12-16(6-9-20(17)22)21-13-18(23)10-14(2)25-21/h4-9,12,18,21,23H,2-3,10-11,13H2,1H3. The first-order valence-corrected chi connectivity index (χ1v) is 8.95. The van der Waals surface area contributed by atoms with Crippen molar-refractivity contribution in [2.24, 2.45) is 0 Å². The predicted octanol–water partition coefficient (Wildman–Crippen LogP) is 5.06. The molecular formula is C21H23ClO3. The topological polar surface area (TPSA) is 38.7 Å². The molecule has 1 N–H and O–H groups in total. The molecule has 0 amide bonds. The number of benzene rings is 2. The maximum Gasteiger partial charge on any atom is 0.126 e. The van der Waals surface area contributed by atoms with Crippen LogP contribution in [0.15, 0.2) is 54.8 Å². The molecular weight excluding hydrogens is 336 g/mol. The van der Waals surface area contributed by atoms with Crippen molar-refractivity contribution in [1.82, 2.24) is 0 Å². The van der Waals surface area contributed by atoms with Crippen molar-refractivity contribution in [3.63, 3.8) is 0 Å². The van der Waals surface area contributed by atoms with E-state index in [1.165, 1.54) is 0 Å². The van der Waals surface area contributed by atoms with Crippen molar-refractivity contribution in [3.8, 4) is 5.75 Å². The quantitative estimate of drug-likeness (QED) is 0.812. The van der Waals surface area contributed by atoms with Gasteiger partial charge in [0.2, 0.25) is 0 Å². The molecule has 0 aromatic heterocycles. The summed E-state index contributed by atoms with van der Waals surface area (Å²) >= 11 is 6.39. The lowest BCUT2D eigenvalue weighted by molar-refractivity contribution is 0.000974. The first-order valence-electron chi connectivity index (χ1n) is 8.57. The number of rotatable bonds is 5. The maximum absolute atomic E-state index is 9.96. The molecule has 0 bridgehead atoms. The Balaban J connectivity index is 1.78. The summed E-state index contributed by atoms with van der Waals surface area (Å²) in [5, 5.41) is 10.7. The molecule has 0 spiro atoms. The molecule has 1 saturated heterocycles. The van der Waals surface area contributed by atoms with E-state index >= 15 is 0 Å². The molecule has 2 unspecified atom stereocenters. The van der Waals surface area contributed by atoms with Crippen LogP contribution in [-0.2, 0) is 11.2 Å². The molecule has 1 aliphatic rings. The Labute approximate surface area is 153 Å². The Bertz CT molecular complexity index is 739. The highest BCUT2D eigenvalue weighted by Gasteiger charge is 2.25. The molecule has 4 heteroatoms. The summed E-state index contributed by atoms with van der Waals surface area (Å²) in [7, 11) is 0. The fourth-order valence-electron chi connectivity index (χ4n) is 3.12. The largest absolute Gasteiger partial charge is 0.494 e. The maximum atomic E-state index is 9.96. The van der Waals surface area contributed by atoms with Gasteiger partial charge in [0.15, 0.2) is 0 Å². The molecule has 3 rings (SSSR count). The van der Waals surface area contributed by atoms with Crippen LogP contribution < -0.4 is 4.74 Å². The molecule has 0 radical (unpaired) electrons. The zero-order chi connectivity index (χ0) is 17.8. The molecule has 1 fully saturated rings. The Morgan fingerprint density at radius 1 is 1.24 bits per heavy atom. The molecule has 2 aromatic rings. The summed E-state index contributed by atoms with van der Waals surface area (Å²) in [6.45, 7) is 6.48. The second-order valence-electron chi connectivity index (χ2n) is 6.34. The van der Waals surface area contributed by atoms with Crippen LogP contribution in [-0.4, -0.2) is 17.8 Å². The third kappa shape index (κ3) is 4.56. The molecule has 1 aliphatic heterocycles. The second-order valence-corrected chi connectivity index (χ2v) is 6.75. The van der Waals surface area contributed by atoms with Gasteiger partial charge in [-0.3, -0.25) is 0 Å². The first kappa shape index (κ1) is 17.8. The lowest BCUT2D eigenvalue weighted by Gasteiger charge is -2.29. The molecule has 25 heavy (non-hydrogen) atoms. The molecule has 3 nitrogen and oxygen atoms in total. The number of aliphatic hydroxyl groups excluding tert-OH is 1. The van der Waals surface area contributed by atoms with Gasteiger partial charge in [0.05, 0.1) is 18.5 Å². The third-order valence-corrected chi connectivity index (χ3v) is 4.70. The predicted molar refractivity (Wildman–Crippen MR) is 100 cm³/mol. The molecule has 1 heterocycles. The van der Waals surface area contributed by atoms with E-state index in [-0.39, 0.29) is 6.10 Å². The van der Waals surface area contributed by atoms with Gasteiger partial charge in [-0.2, -0.15) is 0 Å². The zero-order valence-corrected chi connectivity index (χ0v) is 15.1. The van der Waals surface area contributed by atoms with Crippen molar-refractivity contribution in [2.75, 3.05) is 6.61 Å². The van der Waals surface area contributed by atoms with Gasteiger partial charge < -0.3 is 14.6 Å². The lowest BCUT2D eigenvalue weighted by atomic mass is 9.95. The smallest absolute Gasteiger partial charge is 0.126 e. The molecule has 2 atom stereocenters. The number of hydrogen-bond donors (Lipinski definition) is 1. The number of hydrogen-bond acceptors (Lipinski definition) is 3. The highest BCUT2D eigenvalue weighted by atomic mass is 35.5. The van der Waals surface area contributed by atoms with Crippen LogP contribution in [0, 0.1) is 0 Å². The molecule has 0 aliphatic carbocycles. The SMILES string of the molecule is C=C1CC(O)CC(c2ccc(Cl)c(Cc3ccc(OCC)cc3)c2)O1. The van der Waals surface area contributed by atoms with Crippen LogP contribution in [0.25, 0.3) is 0 Å². The van der Waals surface area contributed by atoms with Gasteiger partial charge >= 0.3 is 0 Å². The van der Waals surface area contributed by atoms with E-state index < -0.39 is 6.10 Å². The summed E-state index contributed by atoms with van der Waals surface area (Å²) in [5.74, 6) is 1.50. The van der Waals surface area contributed by atoms with Gasteiger partial charge in [-0.1, -0.05) is 42.4 Å². The summed E-state index contributed by atoms with van der Waals surface area (Å²) in [4.78, 5) is 0. The summed E-state index contributed by atoms with van der Waals surface area (Å²) in [5.41, 5.74) is 3.22. The number of halogens is 1. The van der Waals surface area contributed by atoms with E-state index in [1.807, 2.05) is 31.2 Å². The van der Waals surface area contributed by atoms with E-state index in [4.69, 9.17) is 21.1 Å². The minimum absolute atomic E-state index is 0.174. The number of aliphatic hydroxyl groups is 1. The van der Waals surface area contributed by atoms with E-state index in [0.29, 0.717) is 25.2 Å². The van der Waals surface area contributed by atoms with Crippen molar-refractivity contribution in [2.45, 2.75) is 38.4 Å². The molecule has 0 saturated carbocycles. The van der Waals surface area contributed by atoms with Crippen LogP contribution in [0.1, 0.15) is 42.6 Å². The van der Waals surface area contributed by atoms with Crippen molar-refractivity contribution < 1.29 is 14.6 Å². The van der Waals surface area contributed by atoms with Crippen molar-refractivity contribution in [3.05, 3.63) is 76.5 Å². The summed E-state index contributed by atoms with van der Waals surface area (Å²) in [6.07, 6.45) is 1.23. The third-order valence-electron chi connectivity index (χ3n) is 4.33. The monoisotopic (exact) mass is 358 g/mol.